The van der Waals surface area contributed by atoms with Crippen LogP contribution in [0, 0.1) is 0 Å². The Hall–Kier alpha value is -3.17. The van der Waals surface area contributed by atoms with Crippen LogP contribution in [0.15, 0.2) is 94.3 Å². The molecule has 0 fully saturated rings. The zero-order valence-electron chi connectivity index (χ0n) is 20.3. The van der Waals surface area contributed by atoms with Gasteiger partial charge in [0.25, 0.3) is 10.0 Å². The number of anilines is 1. The van der Waals surface area contributed by atoms with Crippen LogP contribution < -0.4 is 9.62 Å². The lowest BCUT2D eigenvalue weighted by Gasteiger charge is -2.32. The monoisotopic (exact) mass is 571 g/mol. The van der Waals surface area contributed by atoms with Gasteiger partial charge in [-0.05, 0) is 55.3 Å². The Balaban J connectivity index is 1.98. The molecule has 0 saturated carbocycles. The largest absolute Gasteiger partial charge is 0.354 e. The predicted octanol–water partition coefficient (Wildman–Crippen LogP) is 4.59. The minimum absolute atomic E-state index is 0.0777. The van der Waals surface area contributed by atoms with Crippen LogP contribution >= 0.6 is 15.9 Å². The molecule has 3 aromatic rings. The van der Waals surface area contributed by atoms with Crippen molar-refractivity contribution in [2.45, 2.75) is 37.8 Å². The maximum Gasteiger partial charge on any atom is 0.264 e. The van der Waals surface area contributed by atoms with Crippen LogP contribution in [0.25, 0.3) is 0 Å². The Kier molecular flexibility index (Phi) is 9.66. The first kappa shape index (κ1) is 27.4. The molecular weight excluding hydrogens is 542 g/mol. The van der Waals surface area contributed by atoms with Gasteiger partial charge in [0, 0.05) is 17.6 Å². The van der Waals surface area contributed by atoms with Crippen molar-refractivity contribution in [3.8, 4) is 0 Å². The zero-order valence-corrected chi connectivity index (χ0v) is 22.7. The molecule has 36 heavy (non-hydrogen) atoms. The second-order valence-corrected chi connectivity index (χ2v) is 11.1. The molecule has 0 aromatic heterocycles. The number of rotatable bonds is 11. The molecule has 9 heteroatoms. The third kappa shape index (κ3) is 6.95. The number of benzene rings is 3. The van der Waals surface area contributed by atoms with Crippen LogP contribution in [0.4, 0.5) is 5.69 Å². The molecule has 190 valence electrons. The van der Waals surface area contributed by atoms with Crippen LogP contribution in [-0.2, 0) is 26.2 Å². The smallest absolute Gasteiger partial charge is 0.264 e. The lowest BCUT2D eigenvalue weighted by atomic mass is 10.1. The predicted molar refractivity (Wildman–Crippen MR) is 145 cm³/mol. The van der Waals surface area contributed by atoms with E-state index in [1.807, 2.05) is 31.2 Å². The summed E-state index contributed by atoms with van der Waals surface area (Å²) in [6, 6.07) is 23.1. The molecule has 0 heterocycles. The highest BCUT2D eigenvalue weighted by molar-refractivity contribution is 9.10. The molecule has 1 N–H and O–H groups in total. The summed E-state index contributed by atoms with van der Waals surface area (Å²) in [5.41, 5.74) is 1.17. The summed E-state index contributed by atoms with van der Waals surface area (Å²) in [4.78, 5) is 28.1. The fourth-order valence-electron chi connectivity index (χ4n) is 3.65. The molecular formula is C27H30BrN3O4S. The molecule has 0 radical (unpaired) electrons. The molecule has 2 amide bonds. The van der Waals surface area contributed by atoms with E-state index in [4.69, 9.17) is 0 Å². The topological polar surface area (TPSA) is 86.8 Å². The third-order valence-corrected chi connectivity index (χ3v) is 7.89. The van der Waals surface area contributed by atoms with Gasteiger partial charge >= 0.3 is 0 Å². The molecule has 0 spiro atoms. The van der Waals surface area contributed by atoms with Gasteiger partial charge in [0.05, 0.1) is 10.6 Å². The van der Waals surface area contributed by atoms with Crippen LogP contribution in [0.5, 0.6) is 0 Å². The number of amides is 2. The van der Waals surface area contributed by atoms with E-state index in [1.165, 1.54) is 17.0 Å². The number of carbonyl (C=O) groups excluding carboxylic acids is 2. The van der Waals surface area contributed by atoms with E-state index in [9.17, 15) is 18.0 Å². The first-order chi connectivity index (χ1) is 17.2. The van der Waals surface area contributed by atoms with Crippen molar-refractivity contribution < 1.29 is 18.0 Å². The SMILES string of the molecule is CCCNC(=O)[C@@H](C)N(Cc1cccc(Br)c1)C(=O)CN(c1ccccc1)S(=O)(=O)c1ccccc1. The number of halogens is 1. The first-order valence-electron chi connectivity index (χ1n) is 11.7. The quantitative estimate of drug-likeness (QED) is 0.364. The van der Waals surface area contributed by atoms with Crippen LogP contribution in [0.3, 0.4) is 0 Å². The summed E-state index contributed by atoms with van der Waals surface area (Å²) in [7, 11) is -4.04. The van der Waals surface area contributed by atoms with Gasteiger partial charge in [-0.3, -0.25) is 13.9 Å². The Labute approximate surface area is 221 Å². The lowest BCUT2D eigenvalue weighted by molar-refractivity contribution is -0.139. The van der Waals surface area contributed by atoms with Crippen molar-refractivity contribution in [1.29, 1.82) is 0 Å². The number of nitrogens with one attached hydrogen (secondary N) is 1. The third-order valence-electron chi connectivity index (χ3n) is 5.61. The number of hydrogen-bond acceptors (Lipinski definition) is 4. The van der Waals surface area contributed by atoms with Crippen molar-refractivity contribution in [3.05, 3.63) is 95.0 Å². The van der Waals surface area contributed by atoms with E-state index in [2.05, 4.69) is 21.2 Å². The highest BCUT2D eigenvalue weighted by atomic mass is 79.9. The molecule has 0 aliphatic rings. The summed E-state index contributed by atoms with van der Waals surface area (Å²) in [6.45, 7) is 3.77. The molecule has 3 aromatic carbocycles. The van der Waals surface area contributed by atoms with Crippen LogP contribution in [-0.4, -0.2) is 44.3 Å². The number of nitrogens with zero attached hydrogens (tertiary/aromatic N) is 2. The second kappa shape index (κ2) is 12.7. The number of hydrogen-bond donors (Lipinski definition) is 1. The summed E-state index contributed by atoms with van der Waals surface area (Å²) in [6.07, 6.45) is 0.759. The van der Waals surface area contributed by atoms with Crippen molar-refractivity contribution in [2.75, 3.05) is 17.4 Å². The molecule has 0 unspecified atom stereocenters. The maximum absolute atomic E-state index is 13.7. The van der Waals surface area contributed by atoms with Gasteiger partial charge in [-0.1, -0.05) is 71.4 Å². The van der Waals surface area contributed by atoms with Gasteiger partial charge in [0.15, 0.2) is 0 Å². The standard InChI is InChI=1S/C27H30BrN3O4S/c1-3-17-29-27(33)21(2)30(19-22-11-10-12-23(28)18-22)26(32)20-31(24-13-6-4-7-14-24)36(34,35)25-15-8-5-9-16-25/h4-16,18,21H,3,17,19-20H2,1-2H3,(H,29,33)/t21-/m1/s1. The van der Waals surface area contributed by atoms with Crippen molar-refractivity contribution in [1.82, 2.24) is 10.2 Å². The number of para-hydroxylation sites is 1. The van der Waals surface area contributed by atoms with E-state index >= 15 is 0 Å². The molecule has 0 saturated heterocycles. The van der Waals surface area contributed by atoms with E-state index in [-0.39, 0.29) is 17.3 Å². The fraction of sp³-hybridized carbons (Fsp3) is 0.259. The highest BCUT2D eigenvalue weighted by Crippen LogP contribution is 2.24. The van der Waals surface area contributed by atoms with Crippen LogP contribution in [0.2, 0.25) is 0 Å². The van der Waals surface area contributed by atoms with Gasteiger partial charge in [-0.25, -0.2) is 8.42 Å². The van der Waals surface area contributed by atoms with Gasteiger partial charge in [0.1, 0.15) is 12.6 Å². The van der Waals surface area contributed by atoms with Gasteiger partial charge in [-0.2, -0.15) is 0 Å². The molecule has 1 atom stereocenters. The van der Waals surface area contributed by atoms with Crippen molar-refractivity contribution >= 4 is 43.5 Å². The van der Waals surface area contributed by atoms with Gasteiger partial charge in [0.2, 0.25) is 11.8 Å². The van der Waals surface area contributed by atoms with Crippen LogP contribution in [0.1, 0.15) is 25.8 Å². The van der Waals surface area contributed by atoms with E-state index in [0.29, 0.717) is 12.2 Å². The molecule has 3 rings (SSSR count). The summed E-state index contributed by atoms with van der Waals surface area (Å²) < 4.78 is 29.2. The Morgan fingerprint density at radius 1 is 0.944 bits per heavy atom. The minimum atomic E-state index is -4.04. The van der Waals surface area contributed by atoms with E-state index < -0.39 is 28.5 Å². The summed E-state index contributed by atoms with van der Waals surface area (Å²) in [5, 5.41) is 2.83. The van der Waals surface area contributed by atoms with E-state index in [1.54, 1.807) is 55.5 Å². The normalized spacial score (nSPS) is 12.0. The molecule has 0 bridgehead atoms. The maximum atomic E-state index is 13.7. The van der Waals surface area contributed by atoms with Gasteiger partial charge < -0.3 is 10.2 Å². The Morgan fingerprint density at radius 2 is 1.58 bits per heavy atom. The minimum Gasteiger partial charge on any atom is -0.354 e. The lowest BCUT2D eigenvalue weighted by Crippen LogP contribution is -2.51. The zero-order chi connectivity index (χ0) is 26.1. The first-order valence-corrected chi connectivity index (χ1v) is 13.9. The van der Waals surface area contributed by atoms with Crippen molar-refractivity contribution in [2.24, 2.45) is 0 Å². The average molecular weight is 573 g/mol. The summed E-state index contributed by atoms with van der Waals surface area (Å²) in [5.74, 6) is -0.783. The van der Waals surface area contributed by atoms with Gasteiger partial charge in [-0.15, -0.1) is 0 Å². The Morgan fingerprint density at radius 3 is 2.19 bits per heavy atom. The number of sulfonamides is 1. The second-order valence-electron chi connectivity index (χ2n) is 8.28. The molecule has 7 nitrogen and oxygen atoms in total. The Bertz CT molecular complexity index is 1270. The average Bonchev–Trinajstić information content (AvgIpc) is 2.89. The number of carbonyl (C=O) groups is 2. The molecule has 0 aliphatic carbocycles. The summed E-state index contributed by atoms with van der Waals surface area (Å²) >= 11 is 3.44. The fourth-order valence-corrected chi connectivity index (χ4v) is 5.54. The van der Waals surface area contributed by atoms with E-state index in [0.717, 1.165) is 20.8 Å². The molecule has 0 aliphatic heterocycles. The van der Waals surface area contributed by atoms with Crippen molar-refractivity contribution in [3.63, 3.8) is 0 Å². The highest BCUT2D eigenvalue weighted by Gasteiger charge is 2.32.